The monoisotopic (exact) mass is 560 g/mol. The lowest BCUT2D eigenvalue weighted by atomic mass is 9.97. The molecule has 4 aromatic rings. The fourth-order valence-electron chi connectivity index (χ4n) is 5.18. The van der Waals surface area contributed by atoms with Crippen LogP contribution in [0.2, 0.25) is 0 Å². The molecule has 2 aromatic heterocycles. The Balaban J connectivity index is 1.39. The normalized spacial score (nSPS) is 20.6. The molecular formula is C28H28N6O7. The molecular weight excluding hydrogens is 532 g/mol. The van der Waals surface area contributed by atoms with Crippen molar-refractivity contribution >= 4 is 29.0 Å². The van der Waals surface area contributed by atoms with Crippen molar-refractivity contribution in [2.24, 2.45) is 0 Å². The summed E-state index contributed by atoms with van der Waals surface area (Å²) in [5, 5.41) is 15.1. The van der Waals surface area contributed by atoms with E-state index in [4.69, 9.17) is 18.9 Å². The van der Waals surface area contributed by atoms with E-state index in [1.54, 1.807) is 35.2 Å². The summed E-state index contributed by atoms with van der Waals surface area (Å²) >= 11 is 0. The van der Waals surface area contributed by atoms with E-state index in [2.05, 4.69) is 25.6 Å². The van der Waals surface area contributed by atoms with Crippen LogP contribution in [-0.2, 0) is 25.6 Å². The molecule has 2 fully saturated rings. The third-order valence-corrected chi connectivity index (χ3v) is 7.06. The fourth-order valence-corrected chi connectivity index (χ4v) is 5.18. The Kier molecular flexibility index (Phi) is 7.57. The Hall–Kier alpha value is -4.43. The highest BCUT2D eigenvalue weighted by molar-refractivity contribution is 5.96. The highest BCUT2D eigenvalue weighted by Crippen LogP contribution is 2.39. The van der Waals surface area contributed by atoms with Gasteiger partial charge in [0, 0.05) is 12.1 Å². The van der Waals surface area contributed by atoms with Gasteiger partial charge < -0.3 is 29.4 Å². The number of carboxylic acids is 1. The topological polar surface area (TPSA) is 159 Å². The van der Waals surface area contributed by atoms with Gasteiger partial charge in [0.1, 0.15) is 43.9 Å². The average molecular weight is 561 g/mol. The van der Waals surface area contributed by atoms with E-state index in [1.165, 1.54) is 6.33 Å². The molecule has 2 aromatic carbocycles. The van der Waals surface area contributed by atoms with Crippen LogP contribution in [0.5, 0.6) is 0 Å². The van der Waals surface area contributed by atoms with Gasteiger partial charge in [-0.2, -0.15) is 0 Å². The van der Waals surface area contributed by atoms with Crippen molar-refractivity contribution in [3.63, 3.8) is 0 Å². The number of fused-ring (bicyclic) bond motifs is 2. The molecule has 13 nitrogen and oxygen atoms in total. The smallest absolute Gasteiger partial charge is 0.336 e. The van der Waals surface area contributed by atoms with Crippen LogP contribution in [0.4, 0.5) is 10.6 Å². The van der Waals surface area contributed by atoms with Crippen LogP contribution in [0.25, 0.3) is 16.9 Å². The minimum absolute atomic E-state index is 0.0209. The first kappa shape index (κ1) is 26.8. The number of hydrogen-bond acceptors (Lipinski definition) is 9. The lowest BCUT2D eigenvalue weighted by Crippen LogP contribution is -2.34. The van der Waals surface area contributed by atoms with Gasteiger partial charge in [-0.25, -0.2) is 24.5 Å². The number of carbonyl (C=O) groups is 2. The number of para-hydroxylation sites is 1. The van der Waals surface area contributed by atoms with Crippen molar-refractivity contribution in [1.82, 2.24) is 24.8 Å². The standard InChI is InChI=1S/C28H28N6O7/c1-2-29-28(37)33-25-21-26(31-13-30-25)34(14-32-21)19-10-6-5-9-18(19)22(24-23-20(12-39-24)40-15-41-23)38-11-16-7-3-4-8-17(16)27(35)36/h3-10,13-14,20,22-24H,2,11-12,15H2,1H3,(H,35,36)(H2,29,30,31,33,37). The van der Waals surface area contributed by atoms with E-state index in [9.17, 15) is 14.7 Å². The number of aromatic carboxylic acids is 1. The van der Waals surface area contributed by atoms with Crippen LogP contribution in [0, 0.1) is 0 Å². The molecule has 2 saturated heterocycles. The van der Waals surface area contributed by atoms with Crippen molar-refractivity contribution < 1.29 is 33.6 Å². The molecule has 41 heavy (non-hydrogen) atoms. The predicted octanol–water partition coefficient (Wildman–Crippen LogP) is 3.05. The first-order valence-corrected chi connectivity index (χ1v) is 13.1. The number of carbonyl (C=O) groups excluding carboxylic acids is 1. The molecule has 0 saturated carbocycles. The summed E-state index contributed by atoms with van der Waals surface area (Å²) in [5.74, 6) is -0.763. The number of anilines is 1. The number of ether oxygens (including phenoxy) is 4. The van der Waals surface area contributed by atoms with E-state index in [1.807, 2.05) is 31.2 Å². The van der Waals surface area contributed by atoms with E-state index < -0.39 is 24.2 Å². The summed E-state index contributed by atoms with van der Waals surface area (Å²) in [7, 11) is 0. The molecule has 0 radical (unpaired) electrons. The molecule has 4 heterocycles. The molecule has 4 unspecified atom stereocenters. The maximum atomic E-state index is 12.2. The maximum absolute atomic E-state index is 12.2. The maximum Gasteiger partial charge on any atom is 0.336 e. The third-order valence-electron chi connectivity index (χ3n) is 7.06. The second-order valence-corrected chi connectivity index (χ2v) is 9.50. The Morgan fingerprint density at radius 2 is 1.93 bits per heavy atom. The molecule has 0 bridgehead atoms. The zero-order valence-corrected chi connectivity index (χ0v) is 22.1. The predicted molar refractivity (Wildman–Crippen MR) is 145 cm³/mol. The Labute approximate surface area is 234 Å². The minimum Gasteiger partial charge on any atom is -0.478 e. The summed E-state index contributed by atoms with van der Waals surface area (Å²) in [6, 6.07) is 13.9. The number of urea groups is 1. The van der Waals surface area contributed by atoms with Crippen LogP contribution in [-0.4, -0.2) is 74.9 Å². The number of aromatic nitrogens is 4. The summed E-state index contributed by atoms with van der Waals surface area (Å²) in [6.07, 6.45) is 1.17. The van der Waals surface area contributed by atoms with Gasteiger partial charge in [-0.15, -0.1) is 0 Å². The number of nitrogens with zero attached hydrogens (tertiary/aromatic N) is 4. The fraction of sp³-hybridized carbons (Fsp3) is 0.321. The summed E-state index contributed by atoms with van der Waals surface area (Å²) < 4.78 is 26.0. The van der Waals surface area contributed by atoms with Crippen molar-refractivity contribution in [3.05, 3.63) is 77.9 Å². The first-order chi connectivity index (χ1) is 20.0. The number of hydrogen-bond donors (Lipinski definition) is 3. The van der Waals surface area contributed by atoms with Crippen LogP contribution < -0.4 is 10.6 Å². The molecule has 0 spiro atoms. The van der Waals surface area contributed by atoms with E-state index >= 15 is 0 Å². The van der Waals surface area contributed by atoms with Gasteiger partial charge >= 0.3 is 12.0 Å². The van der Waals surface area contributed by atoms with Crippen molar-refractivity contribution in [2.45, 2.75) is 37.9 Å². The summed E-state index contributed by atoms with van der Waals surface area (Å²) in [6.45, 7) is 2.81. The molecule has 212 valence electrons. The number of carboxylic acid groups (broad SMARTS) is 1. The molecule has 13 heteroatoms. The highest BCUT2D eigenvalue weighted by Gasteiger charge is 2.48. The van der Waals surface area contributed by atoms with E-state index in [0.29, 0.717) is 35.6 Å². The van der Waals surface area contributed by atoms with Gasteiger partial charge in [-0.3, -0.25) is 9.88 Å². The number of amides is 2. The Morgan fingerprint density at radius 1 is 1.10 bits per heavy atom. The number of benzene rings is 2. The quantitative estimate of drug-likeness (QED) is 0.278. The van der Waals surface area contributed by atoms with Crippen LogP contribution in [0.1, 0.15) is 34.5 Å². The summed E-state index contributed by atoms with van der Waals surface area (Å²) in [5.41, 5.74) is 3.03. The average Bonchev–Trinajstić information content (AvgIpc) is 3.71. The van der Waals surface area contributed by atoms with Crippen molar-refractivity contribution in [3.8, 4) is 5.69 Å². The van der Waals surface area contributed by atoms with Gasteiger partial charge in [0.2, 0.25) is 0 Å². The summed E-state index contributed by atoms with van der Waals surface area (Å²) in [4.78, 5) is 37.1. The second kappa shape index (κ2) is 11.6. The lowest BCUT2D eigenvalue weighted by molar-refractivity contribution is -0.110. The van der Waals surface area contributed by atoms with Gasteiger partial charge in [0.15, 0.2) is 17.0 Å². The van der Waals surface area contributed by atoms with Crippen molar-refractivity contribution in [1.29, 1.82) is 0 Å². The SMILES string of the molecule is CCNC(=O)Nc1ncnc2c1ncn2-c1ccccc1C(OCc1ccccc1C(=O)O)C1OCC2OCOC21. The first-order valence-electron chi connectivity index (χ1n) is 13.1. The Morgan fingerprint density at radius 3 is 2.78 bits per heavy atom. The molecule has 2 amide bonds. The van der Waals surface area contributed by atoms with Gasteiger partial charge in [0.25, 0.3) is 0 Å². The molecule has 3 N–H and O–H groups in total. The van der Waals surface area contributed by atoms with Crippen LogP contribution >= 0.6 is 0 Å². The van der Waals surface area contributed by atoms with Gasteiger partial charge in [0.05, 0.1) is 24.5 Å². The molecule has 4 atom stereocenters. The second-order valence-electron chi connectivity index (χ2n) is 9.50. The number of imidazole rings is 1. The van der Waals surface area contributed by atoms with Gasteiger partial charge in [-0.1, -0.05) is 36.4 Å². The number of rotatable bonds is 9. The van der Waals surface area contributed by atoms with E-state index in [-0.39, 0.29) is 37.0 Å². The highest BCUT2D eigenvalue weighted by atomic mass is 16.7. The molecule has 2 aliphatic rings. The largest absolute Gasteiger partial charge is 0.478 e. The zero-order valence-electron chi connectivity index (χ0n) is 22.1. The van der Waals surface area contributed by atoms with Gasteiger partial charge in [-0.05, 0) is 24.6 Å². The minimum atomic E-state index is -1.03. The molecule has 0 aliphatic carbocycles. The third kappa shape index (κ3) is 5.23. The van der Waals surface area contributed by atoms with Crippen molar-refractivity contribution in [2.75, 3.05) is 25.3 Å². The van der Waals surface area contributed by atoms with E-state index in [0.717, 1.165) is 5.56 Å². The molecule has 6 rings (SSSR count). The number of nitrogens with one attached hydrogen (secondary N) is 2. The van der Waals surface area contributed by atoms with Crippen LogP contribution in [0.3, 0.4) is 0 Å². The lowest BCUT2D eigenvalue weighted by Gasteiger charge is -2.29. The van der Waals surface area contributed by atoms with Crippen LogP contribution in [0.15, 0.2) is 61.2 Å². The molecule has 2 aliphatic heterocycles. The Bertz CT molecular complexity index is 1580. The zero-order chi connectivity index (χ0) is 28.3.